The van der Waals surface area contributed by atoms with Crippen LogP contribution in [0.25, 0.3) is 0 Å². The monoisotopic (exact) mass is 207 g/mol. The molecule has 0 bridgehead atoms. The second kappa shape index (κ2) is 4.82. The number of amides is 1. The summed E-state index contributed by atoms with van der Waals surface area (Å²) in [7, 11) is 3.43. The van der Waals surface area contributed by atoms with E-state index in [4.69, 9.17) is 0 Å². The average molecular weight is 207 g/mol. The normalized spacial score (nSPS) is 10.1. The van der Waals surface area contributed by atoms with Crippen LogP contribution in [0.2, 0.25) is 0 Å². The smallest absolute Gasteiger partial charge is 0.253 e. The van der Waals surface area contributed by atoms with Gasteiger partial charge in [-0.2, -0.15) is 0 Å². The highest BCUT2D eigenvalue weighted by molar-refractivity contribution is 5.94. The number of carbonyl (C=O) groups is 1. The quantitative estimate of drug-likeness (QED) is 0.824. The van der Waals surface area contributed by atoms with Gasteiger partial charge in [-0.05, 0) is 30.2 Å². The van der Waals surface area contributed by atoms with Crippen LogP contribution in [0.4, 0.5) is 0 Å². The molecule has 1 rings (SSSR count). The average Bonchev–Trinajstić information content (AvgIpc) is 2.20. The molecule has 0 unspecified atom stereocenters. The molecule has 1 aromatic carbocycles. The van der Waals surface area contributed by atoms with Gasteiger partial charge >= 0.3 is 0 Å². The van der Waals surface area contributed by atoms with Crippen molar-refractivity contribution in [1.29, 1.82) is 0 Å². The second-order valence-electron chi connectivity index (χ2n) is 3.79. The number of aryl methyl sites for hydroxylation is 1. The lowest BCUT2D eigenvalue weighted by Gasteiger charge is -2.11. The minimum absolute atomic E-state index is 0.0349. The highest BCUT2D eigenvalue weighted by Gasteiger charge is 2.10. The summed E-state index contributed by atoms with van der Waals surface area (Å²) in [6, 6.07) is 5.00. The van der Waals surface area contributed by atoms with Crippen LogP contribution in [0, 0.1) is 0 Å². The number of phenolic OH excluding ortho intramolecular Hbond substituents is 1. The molecule has 0 heterocycles. The van der Waals surface area contributed by atoms with Gasteiger partial charge in [0.25, 0.3) is 5.91 Å². The molecule has 3 nitrogen and oxygen atoms in total. The second-order valence-corrected chi connectivity index (χ2v) is 3.79. The first kappa shape index (κ1) is 11.6. The third-order valence-electron chi connectivity index (χ3n) is 2.25. The summed E-state index contributed by atoms with van der Waals surface area (Å²) >= 11 is 0. The maximum absolute atomic E-state index is 11.7. The highest BCUT2D eigenvalue weighted by Crippen LogP contribution is 2.20. The van der Waals surface area contributed by atoms with E-state index in [-0.39, 0.29) is 11.7 Å². The van der Waals surface area contributed by atoms with Gasteiger partial charge in [-0.1, -0.05) is 13.3 Å². The van der Waals surface area contributed by atoms with Crippen molar-refractivity contribution in [1.82, 2.24) is 4.90 Å². The minimum atomic E-state index is -0.0349. The molecule has 0 aromatic heterocycles. The van der Waals surface area contributed by atoms with E-state index in [0.717, 1.165) is 18.4 Å². The van der Waals surface area contributed by atoms with E-state index in [9.17, 15) is 9.90 Å². The molecule has 0 fully saturated rings. The Labute approximate surface area is 90.3 Å². The molecule has 0 aliphatic carbocycles. The number of rotatable bonds is 3. The van der Waals surface area contributed by atoms with Crippen molar-refractivity contribution in [2.24, 2.45) is 0 Å². The van der Waals surface area contributed by atoms with E-state index in [1.54, 1.807) is 32.3 Å². The van der Waals surface area contributed by atoms with Crippen LogP contribution in [-0.2, 0) is 6.42 Å². The minimum Gasteiger partial charge on any atom is -0.508 e. The maximum atomic E-state index is 11.7. The number of nitrogens with zero attached hydrogens (tertiary/aromatic N) is 1. The van der Waals surface area contributed by atoms with Gasteiger partial charge in [0.1, 0.15) is 5.75 Å². The predicted octanol–water partition coefficient (Wildman–Crippen LogP) is 2.05. The number of hydrogen-bond acceptors (Lipinski definition) is 2. The number of phenols is 1. The zero-order valence-electron chi connectivity index (χ0n) is 9.45. The summed E-state index contributed by atoms with van der Waals surface area (Å²) in [6.07, 6.45) is 1.74. The summed E-state index contributed by atoms with van der Waals surface area (Å²) in [5.41, 5.74) is 1.46. The molecule has 0 atom stereocenters. The van der Waals surface area contributed by atoms with Gasteiger partial charge in [0, 0.05) is 19.7 Å². The molecule has 0 aliphatic heterocycles. The van der Waals surface area contributed by atoms with E-state index < -0.39 is 0 Å². The van der Waals surface area contributed by atoms with Crippen LogP contribution in [0.15, 0.2) is 18.2 Å². The summed E-state index contributed by atoms with van der Waals surface area (Å²) in [4.78, 5) is 13.2. The van der Waals surface area contributed by atoms with Crippen molar-refractivity contribution in [2.75, 3.05) is 14.1 Å². The first-order valence-corrected chi connectivity index (χ1v) is 5.09. The van der Waals surface area contributed by atoms with Crippen molar-refractivity contribution < 1.29 is 9.90 Å². The molecular weight excluding hydrogens is 190 g/mol. The van der Waals surface area contributed by atoms with Gasteiger partial charge in [-0.3, -0.25) is 4.79 Å². The number of carbonyl (C=O) groups excluding carboxylic acids is 1. The topological polar surface area (TPSA) is 40.5 Å². The summed E-state index contributed by atoms with van der Waals surface area (Å²) < 4.78 is 0. The fourth-order valence-electron chi connectivity index (χ4n) is 1.45. The summed E-state index contributed by atoms with van der Waals surface area (Å²) in [6.45, 7) is 2.04. The van der Waals surface area contributed by atoms with Gasteiger partial charge in [0.15, 0.2) is 0 Å². The molecule has 1 N–H and O–H groups in total. The molecule has 82 valence electrons. The Hall–Kier alpha value is -1.51. The molecule has 1 aromatic rings. The Kier molecular flexibility index (Phi) is 3.72. The molecule has 15 heavy (non-hydrogen) atoms. The first-order chi connectivity index (χ1) is 7.06. The van der Waals surface area contributed by atoms with Crippen LogP contribution in [-0.4, -0.2) is 30.0 Å². The number of aromatic hydroxyl groups is 1. The largest absolute Gasteiger partial charge is 0.508 e. The van der Waals surface area contributed by atoms with E-state index in [1.165, 1.54) is 4.90 Å². The van der Waals surface area contributed by atoms with Crippen molar-refractivity contribution in [3.05, 3.63) is 29.3 Å². The van der Waals surface area contributed by atoms with Gasteiger partial charge in [-0.15, -0.1) is 0 Å². The van der Waals surface area contributed by atoms with Gasteiger partial charge in [0.2, 0.25) is 0 Å². The van der Waals surface area contributed by atoms with Crippen LogP contribution in [0.5, 0.6) is 5.75 Å². The predicted molar refractivity (Wildman–Crippen MR) is 60.1 cm³/mol. The highest BCUT2D eigenvalue weighted by atomic mass is 16.3. The zero-order valence-corrected chi connectivity index (χ0v) is 9.45. The molecule has 1 amide bonds. The molecule has 0 saturated heterocycles. The molecule has 0 aliphatic rings. The fourth-order valence-corrected chi connectivity index (χ4v) is 1.45. The lowest BCUT2D eigenvalue weighted by atomic mass is 10.0. The van der Waals surface area contributed by atoms with Crippen molar-refractivity contribution >= 4 is 5.91 Å². The molecule has 0 spiro atoms. The molecule has 3 heteroatoms. The standard InChI is InChI=1S/C12H17NO2/c1-4-5-9-8-10(6-7-11(9)14)12(15)13(2)3/h6-8,14H,4-5H2,1-3H3. The summed E-state index contributed by atoms with van der Waals surface area (Å²) in [5.74, 6) is 0.236. The van der Waals surface area contributed by atoms with E-state index in [2.05, 4.69) is 0 Å². The number of benzene rings is 1. The zero-order chi connectivity index (χ0) is 11.4. The fraction of sp³-hybridized carbons (Fsp3) is 0.417. The Morgan fingerprint density at radius 3 is 2.60 bits per heavy atom. The first-order valence-electron chi connectivity index (χ1n) is 5.09. The van der Waals surface area contributed by atoms with E-state index in [0.29, 0.717) is 5.56 Å². The van der Waals surface area contributed by atoms with Gasteiger partial charge < -0.3 is 10.0 Å². The maximum Gasteiger partial charge on any atom is 0.253 e. The Morgan fingerprint density at radius 1 is 1.40 bits per heavy atom. The Balaban J connectivity index is 3.01. The third kappa shape index (κ3) is 2.72. The molecular formula is C12H17NO2. The van der Waals surface area contributed by atoms with Crippen LogP contribution in [0.3, 0.4) is 0 Å². The van der Waals surface area contributed by atoms with E-state index >= 15 is 0 Å². The molecule has 0 saturated carbocycles. The van der Waals surface area contributed by atoms with Crippen LogP contribution in [0.1, 0.15) is 29.3 Å². The Bertz CT molecular complexity index is 359. The van der Waals surface area contributed by atoms with Crippen molar-refractivity contribution in [2.45, 2.75) is 19.8 Å². The van der Waals surface area contributed by atoms with Crippen molar-refractivity contribution in [3.63, 3.8) is 0 Å². The number of hydrogen-bond donors (Lipinski definition) is 1. The van der Waals surface area contributed by atoms with Gasteiger partial charge in [0.05, 0.1) is 0 Å². The summed E-state index contributed by atoms with van der Waals surface area (Å²) in [5, 5.41) is 9.56. The third-order valence-corrected chi connectivity index (χ3v) is 2.25. The molecule has 0 radical (unpaired) electrons. The van der Waals surface area contributed by atoms with E-state index in [1.807, 2.05) is 6.92 Å². The van der Waals surface area contributed by atoms with Gasteiger partial charge in [-0.25, -0.2) is 0 Å². The Morgan fingerprint density at radius 2 is 2.07 bits per heavy atom. The van der Waals surface area contributed by atoms with Crippen LogP contribution >= 0.6 is 0 Å². The lowest BCUT2D eigenvalue weighted by Crippen LogP contribution is -2.21. The lowest BCUT2D eigenvalue weighted by molar-refractivity contribution is 0.0827. The van der Waals surface area contributed by atoms with Crippen molar-refractivity contribution in [3.8, 4) is 5.75 Å². The SMILES string of the molecule is CCCc1cc(C(=O)N(C)C)ccc1O. The van der Waals surface area contributed by atoms with Crippen LogP contribution < -0.4 is 0 Å².